The van der Waals surface area contributed by atoms with E-state index in [9.17, 15) is 9.59 Å². The average molecular weight is 377 g/mol. The van der Waals surface area contributed by atoms with Crippen LogP contribution in [0.15, 0.2) is 42.5 Å². The van der Waals surface area contributed by atoms with Crippen molar-refractivity contribution in [3.63, 3.8) is 0 Å². The van der Waals surface area contributed by atoms with Crippen molar-refractivity contribution in [2.75, 3.05) is 23.3 Å². The minimum Gasteiger partial charge on any atom is -0.336 e. The Labute approximate surface area is 161 Å². The van der Waals surface area contributed by atoms with E-state index in [0.717, 1.165) is 16.9 Å². The zero-order valence-electron chi connectivity index (χ0n) is 14.9. The molecule has 136 valence electrons. The van der Waals surface area contributed by atoms with Crippen LogP contribution in [0.1, 0.15) is 28.3 Å². The molecule has 2 N–H and O–H groups in total. The van der Waals surface area contributed by atoms with E-state index in [1.165, 1.54) is 20.5 Å². The number of rotatable bonds is 2. The number of hydrogen-bond donors (Lipinski definition) is 2. The van der Waals surface area contributed by atoms with E-state index in [1.54, 1.807) is 16.2 Å². The van der Waals surface area contributed by atoms with Crippen LogP contribution in [0.5, 0.6) is 0 Å². The number of anilines is 2. The normalized spacial score (nSPS) is 19.1. The van der Waals surface area contributed by atoms with E-state index in [2.05, 4.69) is 47.9 Å². The van der Waals surface area contributed by atoms with Gasteiger partial charge in [-0.25, -0.2) is 4.79 Å². The molecular weight excluding hydrogens is 358 g/mol. The summed E-state index contributed by atoms with van der Waals surface area (Å²) in [6, 6.07) is 14.3. The van der Waals surface area contributed by atoms with Crippen LogP contribution in [0, 0.1) is 6.92 Å². The summed E-state index contributed by atoms with van der Waals surface area (Å²) in [5.74, 6) is 0.0524. The summed E-state index contributed by atoms with van der Waals surface area (Å²) in [5, 5.41) is 7.05. The topological polar surface area (TPSA) is 61.4 Å². The molecule has 27 heavy (non-hydrogen) atoms. The summed E-state index contributed by atoms with van der Waals surface area (Å²) < 4.78 is 1.25. The number of carbonyl (C=O) groups is 2. The second kappa shape index (κ2) is 6.09. The first-order chi connectivity index (χ1) is 13.1. The van der Waals surface area contributed by atoms with Crippen LogP contribution in [0.2, 0.25) is 0 Å². The fraction of sp³-hybridized carbons (Fsp3) is 0.238. The van der Waals surface area contributed by atoms with Gasteiger partial charge in [-0.05, 0) is 41.6 Å². The maximum Gasteiger partial charge on any atom is 0.321 e. The molecule has 0 aliphatic carbocycles. The molecule has 5 rings (SSSR count). The summed E-state index contributed by atoms with van der Waals surface area (Å²) in [5.41, 5.74) is 3.99. The molecule has 1 saturated heterocycles. The van der Waals surface area contributed by atoms with Crippen LogP contribution in [0.3, 0.4) is 0 Å². The first-order valence-electron chi connectivity index (χ1n) is 9.09. The van der Waals surface area contributed by atoms with Crippen LogP contribution in [0.25, 0.3) is 10.1 Å². The minimum absolute atomic E-state index is 0.0187. The molecule has 2 aliphatic heterocycles. The molecule has 1 atom stereocenters. The Morgan fingerprint density at radius 2 is 2.00 bits per heavy atom. The van der Waals surface area contributed by atoms with Crippen molar-refractivity contribution in [2.24, 2.45) is 0 Å². The molecule has 1 aromatic heterocycles. The largest absolute Gasteiger partial charge is 0.336 e. The molecule has 0 bridgehead atoms. The predicted molar refractivity (Wildman–Crippen MR) is 109 cm³/mol. The van der Waals surface area contributed by atoms with Gasteiger partial charge in [0.15, 0.2) is 0 Å². The highest BCUT2D eigenvalue weighted by molar-refractivity contribution is 7.19. The molecule has 1 unspecified atom stereocenters. The molecule has 0 saturated carbocycles. The zero-order valence-corrected chi connectivity index (χ0v) is 15.7. The summed E-state index contributed by atoms with van der Waals surface area (Å²) >= 11 is 1.78. The van der Waals surface area contributed by atoms with Crippen molar-refractivity contribution in [3.05, 3.63) is 58.5 Å². The van der Waals surface area contributed by atoms with Crippen molar-refractivity contribution in [2.45, 2.75) is 19.3 Å². The second-order valence-corrected chi connectivity index (χ2v) is 8.28. The van der Waals surface area contributed by atoms with Gasteiger partial charge < -0.3 is 10.6 Å². The van der Waals surface area contributed by atoms with E-state index in [4.69, 9.17) is 0 Å². The second-order valence-electron chi connectivity index (χ2n) is 7.03. The van der Waals surface area contributed by atoms with E-state index < -0.39 is 0 Å². The molecule has 0 spiro atoms. The number of nitrogens with zero attached hydrogens (tertiary/aromatic N) is 1. The van der Waals surface area contributed by atoms with Crippen LogP contribution in [-0.4, -0.2) is 25.0 Å². The smallest absolute Gasteiger partial charge is 0.321 e. The van der Waals surface area contributed by atoms with Crippen molar-refractivity contribution >= 4 is 44.7 Å². The van der Waals surface area contributed by atoms with Crippen LogP contribution < -0.4 is 15.5 Å². The summed E-state index contributed by atoms with van der Waals surface area (Å²) in [6.45, 7) is 3.42. The van der Waals surface area contributed by atoms with Gasteiger partial charge in [0, 0.05) is 46.4 Å². The monoisotopic (exact) mass is 377 g/mol. The van der Waals surface area contributed by atoms with Gasteiger partial charge in [-0.1, -0.05) is 24.3 Å². The zero-order chi connectivity index (χ0) is 18.5. The summed E-state index contributed by atoms with van der Waals surface area (Å²) in [4.78, 5) is 27.4. The van der Waals surface area contributed by atoms with Gasteiger partial charge >= 0.3 is 6.03 Å². The van der Waals surface area contributed by atoms with Gasteiger partial charge in [-0.15, -0.1) is 11.3 Å². The Hall–Kier alpha value is -2.86. The Morgan fingerprint density at radius 3 is 2.81 bits per heavy atom. The third-order valence-electron chi connectivity index (χ3n) is 5.41. The number of amides is 3. The minimum atomic E-state index is -0.0895. The molecule has 3 aromatic rings. The number of carbonyl (C=O) groups excluding carboxylic acids is 2. The van der Waals surface area contributed by atoms with Crippen molar-refractivity contribution in [1.29, 1.82) is 0 Å². The highest BCUT2D eigenvalue weighted by atomic mass is 32.1. The van der Waals surface area contributed by atoms with Crippen molar-refractivity contribution in [1.82, 2.24) is 5.32 Å². The van der Waals surface area contributed by atoms with E-state index in [0.29, 0.717) is 19.5 Å². The highest BCUT2D eigenvalue weighted by Gasteiger charge is 2.31. The molecule has 3 heterocycles. The van der Waals surface area contributed by atoms with Crippen molar-refractivity contribution < 1.29 is 9.59 Å². The fourth-order valence-corrected chi connectivity index (χ4v) is 5.34. The van der Waals surface area contributed by atoms with Gasteiger partial charge in [0.1, 0.15) is 0 Å². The van der Waals surface area contributed by atoms with E-state index in [-0.39, 0.29) is 17.9 Å². The maximum absolute atomic E-state index is 12.5. The van der Waals surface area contributed by atoms with Crippen LogP contribution >= 0.6 is 11.3 Å². The molecule has 2 aliphatic rings. The molecule has 5 nitrogen and oxygen atoms in total. The van der Waals surface area contributed by atoms with Gasteiger partial charge in [0.05, 0.1) is 0 Å². The molecule has 1 fully saturated rings. The molecular formula is C21H19N3O2S. The standard InChI is InChI=1S/C21H19N3O2S/c1-12-20(15-4-2-3-5-18(15)27-12)16-11-19(25)23-17-10-13(6-7-14(16)17)24-9-8-22-21(24)26/h2-7,10,16H,8-9,11H2,1H3,(H,22,26)(H,23,25). The number of aryl methyl sites for hydroxylation is 1. The van der Waals surface area contributed by atoms with Gasteiger partial charge in [-0.2, -0.15) is 0 Å². The number of thiophene rings is 1. The van der Waals surface area contributed by atoms with Crippen molar-refractivity contribution in [3.8, 4) is 0 Å². The van der Waals surface area contributed by atoms with Crippen LogP contribution in [-0.2, 0) is 4.79 Å². The highest BCUT2D eigenvalue weighted by Crippen LogP contribution is 2.45. The van der Waals surface area contributed by atoms with Gasteiger partial charge in [-0.3, -0.25) is 9.69 Å². The Balaban J connectivity index is 1.63. The number of fused-ring (bicyclic) bond motifs is 2. The maximum atomic E-state index is 12.5. The Kier molecular flexibility index (Phi) is 3.68. The summed E-state index contributed by atoms with van der Waals surface area (Å²) in [6.07, 6.45) is 0.443. The quantitative estimate of drug-likeness (QED) is 0.703. The molecule has 2 aromatic carbocycles. The van der Waals surface area contributed by atoms with Gasteiger partial charge in [0.25, 0.3) is 0 Å². The molecule has 3 amide bonds. The third kappa shape index (κ3) is 2.59. The van der Waals surface area contributed by atoms with E-state index in [1.807, 2.05) is 12.1 Å². The molecule has 6 heteroatoms. The lowest BCUT2D eigenvalue weighted by Gasteiger charge is -2.28. The Bertz CT molecular complexity index is 1090. The lowest BCUT2D eigenvalue weighted by molar-refractivity contribution is -0.116. The SMILES string of the molecule is Cc1sc2ccccc2c1C1CC(=O)Nc2cc(N3CCNC3=O)ccc21. The van der Waals surface area contributed by atoms with Crippen LogP contribution in [0.4, 0.5) is 16.2 Å². The average Bonchev–Trinajstić information content (AvgIpc) is 3.22. The Morgan fingerprint density at radius 1 is 1.15 bits per heavy atom. The first-order valence-corrected chi connectivity index (χ1v) is 9.90. The lowest BCUT2D eigenvalue weighted by Crippen LogP contribution is -2.28. The van der Waals surface area contributed by atoms with Gasteiger partial charge in [0.2, 0.25) is 5.91 Å². The number of benzene rings is 2. The summed E-state index contributed by atoms with van der Waals surface area (Å²) in [7, 11) is 0. The predicted octanol–water partition coefficient (Wildman–Crippen LogP) is 4.21. The fourth-order valence-electron chi connectivity index (χ4n) is 4.22. The first kappa shape index (κ1) is 16.3. The third-order valence-corrected chi connectivity index (χ3v) is 6.51. The number of urea groups is 1. The molecule has 0 radical (unpaired) electrons. The number of hydrogen-bond acceptors (Lipinski definition) is 3. The lowest BCUT2D eigenvalue weighted by atomic mass is 9.83. The van der Waals surface area contributed by atoms with E-state index >= 15 is 0 Å². The number of nitrogens with one attached hydrogen (secondary N) is 2.